The van der Waals surface area contributed by atoms with Gasteiger partial charge < -0.3 is 10.1 Å². The number of nitrogens with zero attached hydrogens (tertiary/aromatic N) is 3. The van der Waals surface area contributed by atoms with Crippen molar-refractivity contribution < 1.29 is 9.53 Å². The van der Waals surface area contributed by atoms with Crippen LogP contribution in [-0.2, 0) is 4.79 Å². The number of carbonyl (C=O) groups excluding carboxylic acids is 1. The normalized spacial score (nSPS) is 14.9. The molecule has 1 N–H and O–H groups in total. The number of carbonyl (C=O) groups is 1. The van der Waals surface area contributed by atoms with E-state index in [1.165, 1.54) is 19.3 Å². The molecular weight excluding hydrogens is 364 g/mol. The Morgan fingerprint density at radius 1 is 1.21 bits per heavy atom. The van der Waals surface area contributed by atoms with E-state index < -0.39 is 0 Å². The number of anilines is 1. The number of fused-ring (bicyclic) bond motifs is 1. The van der Waals surface area contributed by atoms with Crippen LogP contribution in [0.3, 0.4) is 0 Å². The Hall–Kier alpha value is -2.89. The molecule has 0 saturated heterocycles. The van der Waals surface area contributed by atoms with Crippen LogP contribution in [0.15, 0.2) is 30.3 Å². The molecule has 1 saturated carbocycles. The number of benzene rings is 1. The lowest BCUT2D eigenvalue weighted by Gasteiger charge is -2.20. The summed E-state index contributed by atoms with van der Waals surface area (Å²) in [4.78, 5) is 17.5. The van der Waals surface area contributed by atoms with Crippen molar-refractivity contribution in [3.63, 3.8) is 0 Å². The fourth-order valence-electron chi connectivity index (χ4n) is 4.26. The predicted molar refractivity (Wildman–Crippen MR) is 115 cm³/mol. The third-order valence-electron chi connectivity index (χ3n) is 5.73. The van der Waals surface area contributed by atoms with E-state index >= 15 is 0 Å². The maximum absolute atomic E-state index is 12.7. The lowest BCUT2D eigenvalue weighted by atomic mass is 9.87. The number of hydrogen-bond acceptors (Lipinski definition) is 4. The topological polar surface area (TPSA) is 69.0 Å². The Balaban J connectivity index is 1.65. The van der Waals surface area contributed by atoms with Crippen LogP contribution in [0.25, 0.3) is 16.7 Å². The molecule has 1 aliphatic carbocycles. The number of ether oxygens (including phenoxy) is 1. The van der Waals surface area contributed by atoms with E-state index in [9.17, 15) is 4.79 Å². The lowest BCUT2D eigenvalue weighted by Crippen LogP contribution is -2.20. The zero-order chi connectivity index (χ0) is 20.4. The molecule has 6 nitrogen and oxygen atoms in total. The minimum atomic E-state index is 0.0492. The molecule has 2 heterocycles. The summed E-state index contributed by atoms with van der Waals surface area (Å²) in [5, 5.41) is 8.69. The first-order valence-corrected chi connectivity index (χ1v) is 10.4. The number of pyridine rings is 1. The zero-order valence-electron chi connectivity index (χ0n) is 17.4. The highest BCUT2D eigenvalue weighted by Crippen LogP contribution is 2.29. The summed E-state index contributed by atoms with van der Waals surface area (Å²) in [6.45, 7) is 3.96. The molecule has 2 aromatic heterocycles. The van der Waals surface area contributed by atoms with Gasteiger partial charge in [-0.3, -0.25) is 4.79 Å². The number of para-hydroxylation sites is 1. The van der Waals surface area contributed by atoms with Crippen molar-refractivity contribution in [1.82, 2.24) is 14.8 Å². The van der Waals surface area contributed by atoms with Crippen LogP contribution in [0, 0.1) is 19.8 Å². The number of nitrogens with one attached hydrogen (secondary N) is 1. The standard InChI is InChI=1S/C23H28N4O2/c1-15-12-20(25-23-18(15)10-7-11-19(23)29-3)27-21(13-16(2)26-27)24-22(28)14-17-8-5-4-6-9-17/h7,10-13,17H,4-6,8-9,14H2,1-3H3,(H,24,28). The first-order chi connectivity index (χ1) is 14.0. The van der Waals surface area contributed by atoms with E-state index in [2.05, 4.69) is 10.4 Å². The van der Waals surface area contributed by atoms with Crippen molar-refractivity contribution in [3.05, 3.63) is 41.6 Å². The van der Waals surface area contributed by atoms with E-state index in [1.54, 1.807) is 11.8 Å². The Kier molecular flexibility index (Phi) is 5.51. The minimum Gasteiger partial charge on any atom is -0.494 e. The number of methoxy groups -OCH3 is 1. The highest BCUT2D eigenvalue weighted by molar-refractivity contribution is 5.91. The van der Waals surface area contributed by atoms with E-state index in [1.807, 2.05) is 44.2 Å². The fourth-order valence-corrected chi connectivity index (χ4v) is 4.26. The molecular formula is C23H28N4O2. The highest BCUT2D eigenvalue weighted by atomic mass is 16.5. The second-order valence-corrected chi connectivity index (χ2v) is 7.99. The second-order valence-electron chi connectivity index (χ2n) is 7.99. The summed E-state index contributed by atoms with van der Waals surface area (Å²) in [5.74, 6) is 2.59. The first-order valence-electron chi connectivity index (χ1n) is 10.4. The van der Waals surface area contributed by atoms with Crippen molar-refractivity contribution in [2.45, 2.75) is 52.4 Å². The molecule has 1 aromatic carbocycles. The highest BCUT2D eigenvalue weighted by Gasteiger charge is 2.19. The summed E-state index contributed by atoms with van der Waals surface area (Å²) in [7, 11) is 1.65. The molecule has 0 spiro atoms. The van der Waals surface area contributed by atoms with Crippen LogP contribution in [0.5, 0.6) is 5.75 Å². The molecule has 1 fully saturated rings. The van der Waals surface area contributed by atoms with Gasteiger partial charge in [0.25, 0.3) is 0 Å². The molecule has 0 atom stereocenters. The van der Waals surface area contributed by atoms with Gasteiger partial charge in [-0.15, -0.1) is 0 Å². The van der Waals surface area contributed by atoms with E-state index in [4.69, 9.17) is 9.72 Å². The van der Waals surface area contributed by atoms with Crippen LogP contribution in [0.1, 0.15) is 49.8 Å². The van der Waals surface area contributed by atoms with Crippen LogP contribution >= 0.6 is 0 Å². The van der Waals surface area contributed by atoms with E-state index in [-0.39, 0.29) is 5.91 Å². The summed E-state index contributed by atoms with van der Waals surface area (Å²) < 4.78 is 7.21. The quantitative estimate of drug-likeness (QED) is 0.667. The Morgan fingerprint density at radius 2 is 2.00 bits per heavy atom. The summed E-state index contributed by atoms with van der Waals surface area (Å²) in [6.07, 6.45) is 6.63. The SMILES string of the molecule is COc1cccc2c(C)cc(-n3nc(C)cc3NC(=O)CC3CCCCC3)nc12. The molecule has 1 amide bonds. The monoisotopic (exact) mass is 392 g/mol. The molecule has 29 heavy (non-hydrogen) atoms. The van der Waals surface area contributed by atoms with Crippen molar-refractivity contribution >= 4 is 22.6 Å². The van der Waals surface area contributed by atoms with Crippen molar-refractivity contribution in [3.8, 4) is 11.6 Å². The van der Waals surface area contributed by atoms with Gasteiger partial charge in [0.1, 0.15) is 17.1 Å². The van der Waals surface area contributed by atoms with Crippen molar-refractivity contribution in [1.29, 1.82) is 0 Å². The van der Waals surface area contributed by atoms with Gasteiger partial charge >= 0.3 is 0 Å². The largest absolute Gasteiger partial charge is 0.494 e. The average Bonchev–Trinajstić information content (AvgIpc) is 3.08. The summed E-state index contributed by atoms with van der Waals surface area (Å²) in [5.41, 5.74) is 2.70. The lowest BCUT2D eigenvalue weighted by molar-refractivity contribution is -0.117. The smallest absolute Gasteiger partial charge is 0.225 e. The third kappa shape index (κ3) is 4.11. The third-order valence-corrected chi connectivity index (χ3v) is 5.73. The van der Waals surface area contributed by atoms with Crippen LogP contribution in [0.4, 0.5) is 5.82 Å². The zero-order valence-corrected chi connectivity index (χ0v) is 17.4. The second kappa shape index (κ2) is 8.23. The van der Waals surface area contributed by atoms with Gasteiger partial charge in [0.15, 0.2) is 5.82 Å². The van der Waals surface area contributed by atoms with Crippen LogP contribution in [0.2, 0.25) is 0 Å². The molecule has 0 unspecified atom stereocenters. The molecule has 3 aromatic rings. The first kappa shape index (κ1) is 19.4. The number of hydrogen-bond donors (Lipinski definition) is 1. The van der Waals surface area contributed by atoms with Gasteiger partial charge in [0.05, 0.1) is 12.8 Å². The molecule has 6 heteroatoms. The van der Waals surface area contributed by atoms with Crippen molar-refractivity contribution in [2.75, 3.05) is 12.4 Å². The Morgan fingerprint density at radius 3 is 2.76 bits per heavy atom. The van der Waals surface area contributed by atoms with E-state index in [0.29, 0.717) is 24.0 Å². The minimum absolute atomic E-state index is 0.0492. The van der Waals surface area contributed by atoms with E-state index in [0.717, 1.165) is 40.8 Å². The summed E-state index contributed by atoms with van der Waals surface area (Å²) in [6, 6.07) is 9.78. The molecule has 4 rings (SSSR count). The molecule has 0 aliphatic heterocycles. The Bertz CT molecular complexity index is 1030. The molecule has 1 aliphatic rings. The van der Waals surface area contributed by atoms with Crippen LogP contribution < -0.4 is 10.1 Å². The van der Waals surface area contributed by atoms with Crippen molar-refractivity contribution in [2.24, 2.45) is 5.92 Å². The molecule has 0 radical (unpaired) electrons. The number of amides is 1. The van der Waals surface area contributed by atoms with Gasteiger partial charge in [-0.1, -0.05) is 31.4 Å². The van der Waals surface area contributed by atoms with Crippen LogP contribution in [-0.4, -0.2) is 27.8 Å². The Labute approximate surface area is 171 Å². The maximum atomic E-state index is 12.7. The maximum Gasteiger partial charge on any atom is 0.225 e. The average molecular weight is 393 g/mol. The van der Waals surface area contributed by atoms with Gasteiger partial charge in [-0.2, -0.15) is 9.78 Å². The predicted octanol–water partition coefficient (Wildman–Crippen LogP) is 4.95. The number of rotatable bonds is 5. The van der Waals surface area contributed by atoms with Gasteiger partial charge in [0.2, 0.25) is 5.91 Å². The van der Waals surface area contributed by atoms with Gasteiger partial charge in [-0.05, 0) is 50.3 Å². The number of aryl methyl sites for hydroxylation is 2. The fraction of sp³-hybridized carbons (Fsp3) is 0.435. The number of aromatic nitrogens is 3. The van der Waals surface area contributed by atoms with Gasteiger partial charge in [-0.25, -0.2) is 4.98 Å². The molecule has 0 bridgehead atoms. The van der Waals surface area contributed by atoms with Gasteiger partial charge in [0, 0.05) is 17.9 Å². The summed E-state index contributed by atoms with van der Waals surface area (Å²) >= 11 is 0. The molecule has 152 valence electrons.